The molecule has 1 aliphatic heterocycles. The maximum atomic E-state index is 3.79. The largest absolute Gasteiger partial charge is 0.356 e. The number of para-hydroxylation sites is 1. The van der Waals surface area contributed by atoms with Crippen molar-refractivity contribution in [1.29, 1.82) is 0 Å². The van der Waals surface area contributed by atoms with Crippen molar-refractivity contribution in [3.63, 3.8) is 0 Å². The van der Waals surface area contributed by atoms with Gasteiger partial charge in [-0.25, -0.2) is 0 Å². The van der Waals surface area contributed by atoms with Gasteiger partial charge in [0.15, 0.2) is 0 Å². The maximum Gasteiger partial charge on any atom is 0.0584 e. The van der Waals surface area contributed by atoms with Crippen LogP contribution in [-0.4, -0.2) is 0 Å². The highest BCUT2D eigenvalue weighted by molar-refractivity contribution is 6.04. The van der Waals surface area contributed by atoms with Crippen LogP contribution in [0.15, 0.2) is 188 Å². The average molecular weight is 627 g/mol. The van der Waals surface area contributed by atoms with Crippen molar-refractivity contribution in [2.75, 3.05) is 10.2 Å². The third-order valence-electron chi connectivity index (χ3n) is 10.9. The molecule has 49 heavy (non-hydrogen) atoms. The van der Waals surface area contributed by atoms with Crippen molar-refractivity contribution < 1.29 is 0 Å². The summed E-state index contributed by atoms with van der Waals surface area (Å²) < 4.78 is 0. The third kappa shape index (κ3) is 4.14. The molecule has 232 valence electrons. The van der Waals surface area contributed by atoms with Crippen LogP contribution in [0, 0.1) is 5.92 Å². The first kappa shape index (κ1) is 27.9. The lowest BCUT2D eigenvalue weighted by atomic mass is 9.60. The van der Waals surface area contributed by atoms with E-state index in [-0.39, 0.29) is 5.92 Å². The molecule has 7 aromatic rings. The van der Waals surface area contributed by atoms with Crippen molar-refractivity contribution in [1.82, 2.24) is 0 Å². The quantitative estimate of drug-likeness (QED) is 0.209. The standard InChI is InChI=1S/C47H34N2/c1-3-13-32(14-4-1)33-23-26-35(27-24-33)48-36-28-30-45-44(31-36)47(41-21-11-9-19-39(41)40-20-10-12-22-42(40)47)43-29-25-34-15-7-8-18-38(34)46(43)49(45)37-16-5-2-6-17-37/h1-31,39,41,48H. The molecule has 7 aromatic carbocycles. The monoisotopic (exact) mass is 626 g/mol. The minimum atomic E-state index is -0.392. The number of nitrogens with one attached hydrogen (secondary N) is 1. The summed E-state index contributed by atoms with van der Waals surface area (Å²) in [7, 11) is 0. The van der Waals surface area contributed by atoms with Crippen LogP contribution in [0.4, 0.5) is 28.4 Å². The summed E-state index contributed by atoms with van der Waals surface area (Å²) in [6.45, 7) is 0. The highest BCUT2D eigenvalue weighted by atomic mass is 15.2. The Labute approximate surface area is 287 Å². The molecule has 0 bridgehead atoms. The number of nitrogens with zero attached hydrogens (tertiary/aromatic N) is 1. The van der Waals surface area contributed by atoms with E-state index in [1.807, 2.05) is 0 Å². The molecule has 3 atom stereocenters. The SMILES string of the molecule is C1=CC2c3ccccc3C3(c4cc(Nc5ccc(-c6ccccc6)cc5)ccc4N(c4ccccc4)c4c3ccc3ccccc43)C2C=C1. The summed E-state index contributed by atoms with van der Waals surface area (Å²) in [4.78, 5) is 2.51. The Morgan fingerprint density at radius 3 is 2.06 bits per heavy atom. The van der Waals surface area contributed by atoms with E-state index in [1.54, 1.807) is 0 Å². The van der Waals surface area contributed by atoms with Gasteiger partial charge in [0.05, 0.1) is 16.8 Å². The number of allylic oxidation sites excluding steroid dienone is 4. The first-order valence-electron chi connectivity index (χ1n) is 17.2. The van der Waals surface area contributed by atoms with Crippen LogP contribution in [-0.2, 0) is 5.41 Å². The molecule has 3 aliphatic rings. The minimum absolute atomic E-state index is 0.229. The predicted molar refractivity (Wildman–Crippen MR) is 205 cm³/mol. The molecule has 2 nitrogen and oxygen atoms in total. The zero-order chi connectivity index (χ0) is 32.4. The minimum Gasteiger partial charge on any atom is -0.356 e. The van der Waals surface area contributed by atoms with E-state index in [0.29, 0.717) is 5.92 Å². The number of rotatable bonds is 4. The topological polar surface area (TPSA) is 15.3 Å². The van der Waals surface area contributed by atoms with E-state index in [1.165, 1.54) is 55.5 Å². The first-order chi connectivity index (χ1) is 24.3. The van der Waals surface area contributed by atoms with Crippen LogP contribution in [0.1, 0.15) is 28.2 Å². The zero-order valence-electron chi connectivity index (χ0n) is 27.0. The lowest BCUT2D eigenvalue weighted by molar-refractivity contribution is 0.454. The summed E-state index contributed by atoms with van der Waals surface area (Å²) in [5.41, 5.74) is 13.3. The second-order valence-electron chi connectivity index (χ2n) is 13.4. The highest BCUT2D eigenvalue weighted by Gasteiger charge is 2.57. The van der Waals surface area contributed by atoms with Crippen LogP contribution >= 0.6 is 0 Å². The van der Waals surface area contributed by atoms with E-state index in [0.717, 1.165) is 17.1 Å². The molecule has 0 radical (unpaired) electrons. The molecule has 0 fully saturated rings. The molecule has 0 saturated heterocycles. The van der Waals surface area contributed by atoms with E-state index >= 15 is 0 Å². The van der Waals surface area contributed by atoms with Crippen molar-refractivity contribution >= 4 is 39.2 Å². The highest BCUT2D eigenvalue weighted by Crippen LogP contribution is 2.66. The molecule has 0 saturated carbocycles. The fourth-order valence-corrected chi connectivity index (χ4v) is 8.89. The number of hydrogen-bond donors (Lipinski definition) is 1. The van der Waals surface area contributed by atoms with Gasteiger partial charge in [0.2, 0.25) is 0 Å². The van der Waals surface area contributed by atoms with E-state index in [4.69, 9.17) is 0 Å². The summed E-state index contributed by atoms with van der Waals surface area (Å²) in [6.07, 6.45) is 9.37. The molecular formula is C47H34N2. The van der Waals surface area contributed by atoms with Gasteiger partial charge >= 0.3 is 0 Å². The normalized spacial score (nSPS) is 19.7. The van der Waals surface area contributed by atoms with Gasteiger partial charge in [-0.15, -0.1) is 0 Å². The van der Waals surface area contributed by atoms with Crippen LogP contribution < -0.4 is 10.2 Å². The molecule has 1 heterocycles. The predicted octanol–water partition coefficient (Wildman–Crippen LogP) is 12.2. The van der Waals surface area contributed by atoms with Gasteiger partial charge in [0.1, 0.15) is 0 Å². The second-order valence-corrected chi connectivity index (χ2v) is 13.4. The zero-order valence-corrected chi connectivity index (χ0v) is 27.0. The van der Waals surface area contributed by atoms with Crippen LogP contribution in [0.25, 0.3) is 21.9 Å². The fraction of sp³-hybridized carbons (Fsp3) is 0.0638. The van der Waals surface area contributed by atoms with Crippen LogP contribution in [0.5, 0.6) is 0 Å². The maximum absolute atomic E-state index is 3.79. The summed E-state index contributed by atoms with van der Waals surface area (Å²) >= 11 is 0. The summed E-state index contributed by atoms with van der Waals surface area (Å²) in [5, 5.41) is 6.31. The van der Waals surface area contributed by atoms with Crippen molar-refractivity contribution in [2.45, 2.75) is 11.3 Å². The molecule has 2 heteroatoms. The van der Waals surface area contributed by atoms with Gasteiger partial charge < -0.3 is 10.2 Å². The van der Waals surface area contributed by atoms with Crippen molar-refractivity contribution in [3.05, 3.63) is 210 Å². The summed E-state index contributed by atoms with van der Waals surface area (Å²) in [5.74, 6) is 0.519. The van der Waals surface area contributed by atoms with Gasteiger partial charge in [-0.3, -0.25) is 0 Å². The Morgan fingerprint density at radius 2 is 1.20 bits per heavy atom. The Balaban J connectivity index is 1.23. The van der Waals surface area contributed by atoms with Crippen molar-refractivity contribution in [2.24, 2.45) is 5.92 Å². The molecule has 2 aliphatic carbocycles. The molecular weight excluding hydrogens is 593 g/mol. The number of fused-ring (bicyclic) bond motifs is 11. The van der Waals surface area contributed by atoms with Gasteiger partial charge in [0, 0.05) is 34.3 Å². The lowest BCUT2D eigenvalue weighted by Gasteiger charge is -2.48. The average Bonchev–Trinajstić information content (AvgIpc) is 3.47. The smallest absolute Gasteiger partial charge is 0.0584 e. The molecule has 0 amide bonds. The summed E-state index contributed by atoms with van der Waals surface area (Å²) in [6, 6.07) is 60.0. The van der Waals surface area contributed by atoms with E-state index in [9.17, 15) is 0 Å². The molecule has 10 rings (SSSR count). The van der Waals surface area contributed by atoms with Crippen LogP contribution in [0.2, 0.25) is 0 Å². The molecule has 0 aromatic heterocycles. The van der Waals surface area contributed by atoms with Gasteiger partial charge in [-0.2, -0.15) is 0 Å². The third-order valence-corrected chi connectivity index (χ3v) is 10.9. The second kappa shape index (κ2) is 11.0. The molecule has 1 N–H and O–H groups in total. The van der Waals surface area contributed by atoms with Crippen LogP contribution in [0.3, 0.4) is 0 Å². The Kier molecular flexibility index (Phi) is 6.25. The number of benzene rings is 7. The van der Waals surface area contributed by atoms with Gasteiger partial charge in [0.25, 0.3) is 0 Å². The Hall–Kier alpha value is -6.12. The molecule has 1 spiro atoms. The lowest BCUT2D eigenvalue weighted by Crippen LogP contribution is -2.40. The Bertz CT molecular complexity index is 2420. The van der Waals surface area contributed by atoms with E-state index in [2.05, 4.69) is 198 Å². The van der Waals surface area contributed by atoms with Gasteiger partial charge in [-0.05, 0) is 81.2 Å². The number of anilines is 5. The number of hydrogen-bond acceptors (Lipinski definition) is 2. The van der Waals surface area contributed by atoms with Crippen molar-refractivity contribution in [3.8, 4) is 11.1 Å². The first-order valence-corrected chi connectivity index (χ1v) is 17.2. The van der Waals surface area contributed by atoms with E-state index < -0.39 is 5.41 Å². The van der Waals surface area contributed by atoms with Gasteiger partial charge in [-0.1, -0.05) is 146 Å². The molecule has 3 unspecified atom stereocenters. The Morgan fingerprint density at radius 1 is 0.510 bits per heavy atom. The fourth-order valence-electron chi connectivity index (χ4n) is 8.89.